The minimum absolute atomic E-state index is 0.624. The topological polar surface area (TPSA) is 9.23 Å². The Morgan fingerprint density at radius 1 is 1.50 bits per heavy atom. The lowest BCUT2D eigenvalue weighted by Gasteiger charge is -2.25. The molecule has 0 aromatic carbocycles. The van der Waals surface area contributed by atoms with Crippen LogP contribution in [0.2, 0.25) is 0 Å². The van der Waals surface area contributed by atoms with E-state index in [4.69, 9.17) is 4.74 Å². The predicted octanol–water partition coefficient (Wildman–Crippen LogP) is 2.58. The zero-order valence-corrected chi connectivity index (χ0v) is 7.05. The van der Waals surface area contributed by atoms with Crippen molar-refractivity contribution in [3.8, 4) is 0 Å². The van der Waals surface area contributed by atoms with Gasteiger partial charge >= 0.3 is 0 Å². The molecule has 0 saturated carbocycles. The van der Waals surface area contributed by atoms with Gasteiger partial charge in [-0.25, -0.2) is 0 Å². The van der Waals surface area contributed by atoms with E-state index in [2.05, 4.69) is 19.9 Å². The van der Waals surface area contributed by atoms with Crippen LogP contribution in [0.25, 0.3) is 0 Å². The summed E-state index contributed by atoms with van der Waals surface area (Å²) < 4.78 is 5.23. The van der Waals surface area contributed by atoms with Crippen LogP contribution in [0.5, 0.6) is 0 Å². The van der Waals surface area contributed by atoms with Gasteiger partial charge in [-0.15, -0.1) is 0 Å². The Balaban J connectivity index is 2.62. The van der Waals surface area contributed by atoms with Gasteiger partial charge in [-0.2, -0.15) is 0 Å². The summed E-state index contributed by atoms with van der Waals surface area (Å²) in [5.41, 5.74) is 0. The molecule has 0 heterocycles. The zero-order valence-electron chi connectivity index (χ0n) is 7.05. The Labute approximate surface area is 63.1 Å². The lowest BCUT2D eigenvalue weighted by Crippen LogP contribution is -2.15. The van der Waals surface area contributed by atoms with Gasteiger partial charge in [-0.1, -0.05) is 13.8 Å². The fraction of sp³-hybridized carbons (Fsp3) is 0.778. The van der Waals surface area contributed by atoms with Crippen molar-refractivity contribution in [2.45, 2.75) is 26.7 Å². The van der Waals surface area contributed by atoms with Crippen molar-refractivity contribution in [3.63, 3.8) is 0 Å². The van der Waals surface area contributed by atoms with E-state index in [-0.39, 0.29) is 0 Å². The average Bonchev–Trinajstić information content (AvgIpc) is 1.95. The molecule has 0 aromatic heterocycles. The van der Waals surface area contributed by atoms with Gasteiger partial charge in [-0.05, 0) is 24.8 Å². The molecule has 1 rings (SSSR count). The molecule has 1 aliphatic rings. The Bertz CT molecular complexity index is 138. The minimum atomic E-state index is 0.624. The fourth-order valence-corrected chi connectivity index (χ4v) is 1.47. The number of methoxy groups -OCH3 is 1. The lowest BCUT2D eigenvalue weighted by molar-refractivity contribution is 0.201. The molecule has 2 atom stereocenters. The van der Waals surface area contributed by atoms with E-state index < -0.39 is 0 Å². The molecular weight excluding hydrogens is 124 g/mol. The number of hydrogen-bond donors (Lipinski definition) is 0. The Morgan fingerprint density at radius 2 is 2.20 bits per heavy atom. The Hall–Kier alpha value is -0.460. The van der Waals surface area contributed by atoms with Crippen LogP contribution in [-0.4, -0.2) is 7.11 Å². The summed E-state index contributed by atoms with van der Waals surface area (Å²) in [5, 5.41) is 0. The van der Waals surface area contributed by atoms with Crippen molar-refractivity contribution in [2.24, 2.45) is 11.8 Å². The third-order valence-corrected chi connectivity index (χ3v) is 2.51. The van der Waals surface area contributed by atoms with Crippen LogP contribution in [0.15, 0.2) is 11.8 Å². The third-order valence-electron chi connectivity index (χ3n) is 2.51. The standard InChI is InChI=1S/C9H16O/c1-7-5-4-6-9(10-3)8(7)2/h6-8H,4-5H2,1-3H3. The number of allylic oxidation sites excluding steroid dienone is 2. The van der Waals surface area contributed by atoms with Gasteiger partial charge in [-0.3, -0.25) is 0 Å². The summed E-state index contributed by atoms with van der Waals surface area (Å²) in [4.78, 5) is 0. The van der Waals surface area contributed by atoms with Crippen molar-refractivity contribution in [1.82, 2.24) is 0 Å². The van der Waals surface area contributed by atoms with Crippen LogP contribution >= 0.6 is 0 Å². The molecule has 2 unspecified atom stereocenters. The molecule has 0 aliphatic heterocycles. The highest BCUT2D eigenvalue weighted by molar-refractivity contribution is 5.02. The van der Waals surface area contributed by atoms with E-state index in [0.717, 1.165) is 5.92 Å². The van der Waals surface area contributed by atoms with Crippen molar-refractivity contribution in [3.05, 3.63) is 11.8 Å². The molecule has 1 nitrogen and oxygen atoms in total. The van der Waals surface area contributed by atoms with Gasteiger partial charge in [0.05, 0.1) is 12.9 Å². The number of hydrogen-bond acceptors (Lipinski definition) is 1. The maximum Gasteiger partial charge on any atom is 0.0946 e. The SMILES string of the molecule is COC1=CCCC(C)C1C. The monoisotopic (exact) mass is 140 g/mol. The van der Waals surface area contributed by atoms with Crippen molar-refractivity contribution in [1.29, 1.82) is 0 Å². The first-order valence-electron chi connectivity index (χ1n) is 3.99. The van der Waals surface area contributed by atoms with Gasteiger partial charge in [0.25, 0.3) is 0 Å². The lowest BCUT2D eigenvalue weighted by atomic mass is 9.85. The van der Waals surface area contributed by atoms with E-state index in [1.807, 2.05) is 0 Å². The van der Waals surface area contributed by atoms with Gasteiger partial charge in [0, 0.05) is 5.92 Å². The first-order valence-corrected chi connectivity index (χ1v) is 3.99. The molecule has 58 valence electrons. The fourth-order valence-electron chi connectivity index (χ4n) is 1.47. The summed E-state index contributed by atoms with van der Waals surface area (Å²) in [6.45, 7) is 4.52. The Kier molecular flexibility index (Phi) is 2.36. The van der Waals surface area contributed by atoms with Gasteiger partial charge in [0.1, 0.15) is 0 Å². The van der Waals surface area contributed by atoms with Crippen LogP contribution in [0.3, 0.4) is 0 Å². The molecule has 0 fully saturated rings. The molecule has 0 radical (unpaired) electrons. The van der Waals surface area contributed by atoms with Crippen molar-refractivity contribution < 1.29 is 4.74 Å². The van der Waals surface area contributed by atoms with Crippen LogP contribution in [0, 0.1) is 11.8 Å². The normalized spacial score (nSPS) is 33.3. The smallest absolute Gasteiger partial charge is 0.0946 e. The number of rotatable bonds is 1. The van der Waals surface area contributed by atoms with E-state index in [0.29, 0.717) is 5.92 Å². The van der Waals surface area contributed by atoms with Crippen LogP contribution in [0.4, 0.5) is 0 Å². The molecule has 0 saturated heterocycles. The molecule has 0 spiro atoms. The predicted molar refractivity (Wildman–Crippen MR) is 42.7 cm³/mol. The summed E-state index contributed by atoms with van der Waals surface area (Å²) in [5.74, 6) is 2.59. The van der Waals surface area contributed by atoms with Crippen molar-refractivity contribution >= 4 is 0 Å². The maximum absolute atomic E-state index is 5.23. The first kappa shape index (κ1) is 7.64. The van der Waals surface area contributed by atoms with Gasteiger partial charge in [0.2, 0.25) is 0 Å². The average molecular weight is 140 g/mol. The molecule has 0 aromatic rings. The Morgan fingerprint density at radius 3 is 2.70 bits per heavy atom. The van der Waals surface area contributed by atoms with Crippen LogP contribution in [0.1, 0.15) is 26.7 Å². The second-order valence-electron chi connectivity index (χ2n) is 3.15. The maximum atomic E-state index is 5.23. The molecule has 1 aliphatic carbocycles. The van der Waals surface area contributed by atoms with E-state index in [1.165, 1.54) is 18.6 Å². The quantitative estimate of drug-likeness (QED) is 0.544. The summed E-state index contributed by atoms with van der Waals surface area (Å²) in [6.07, 6.45) is 4.72. The van der Waals surface area contributed by atoms with Crippen LogP contribution in [-0.2, 0) is 4.74 Å². The van der Waals surface area contributed by atoms with Gasteiger partial charge < -0.3 is 4.74 Å². The van der Waals surface area contributed by atoms with E-state index in [9.17, 15) is 0 Å². The minimum Gasteiger partial charge on any atom is -0.501 e. The van der Waals surface area contributed by atoms with E-state index in [1.54, 1.807) is 7.11 Å². The van der Waals surface area contributed by atoms with Gasteiger partial charge in [0.15, 0.2) is 0 Å². The zero-order chi connectivity index (χ0) is 7.56. The molecule has 0 N–H and O–H groups in total. The number of ether oxygens (including phenoxy) is 1. The first-order chi connectivity index (χ1) is 4.75. The van der Waals surface area contributed by atoms with E-state index >= 15 is 0 Å². The molecular formula is C9H16O. The molecule has 1 heteroatoms. The summed E-state index contributed by atoms with van der Waals surface area (Å²) >= 11 is 0. The second kappa shape index (κ2) is 3.09. The molecule has 0 amide bonds. The second-order valence-corrected chi connectivity index (χ2v) is 3.15. The van der Waals surface area contributed by atoms with Crippen LogP contribution < -0.4 is 0 Å². The molecule has 0 bridgehead atoms. The summed E-state index contributed by atoms with van der Waals surface area (Å²) in [7, 11) is 1.76. The highest BCUT2D eigenvalue weighted by Gasteiger charge is 2.20. The highest BCUT2D eigenvalue weighted by atomic mass is 16.5. The largest absolute Gasteiger partial charge is 0.501 e. The van der Waals surface area contributed by atoms with Crippen molar-refractivity contribution in [2.75, 3.05) is 7.11 Å². The molecule has 10 heavy (non-hydrogen) atoms. The highest BCUT2D eigenvalue weighted by Crippen LogP contribution is 2.29. The summed E-state index contributed by atoms with van der Waals surface area (Å²) in [6, 6.07) is 0. The third kappa shape index (κ3) is 1.34.